The Balaban J connectivity index is 1.39. The zero-order valence-electron chi connectivity index (χ0n) is 16.0. The molecule has 0 saturated carbocycles. The molecular formula is C23H26ClN3O. The molecule has 1 aromatic heterocycles. The molecule has 1 saturated heterocycles. The fourth-order valence-corrected chi connectivity index (χ4v) is 4.20. The highest BCUT2D eigenvalue weighted by Gasteiger charge is 2.18. The molecule has 0 atom stereocenters. The van der Waals surface area contributed by atoms with Crippen LogP contribution in [-0.4, -0.2) is 35.0 Å². The second kappa shape index (κ2) is 8.80. The summed E-state index contributed by atoms with van der Waals surface area (Å²) in [6.45, 7) is 4.34. The van der Waals surface area contributed by atoms with Gasteiger partial charge in [0.15, 0.2) is 0 Å². The standard InChI is InChI=1S/C23H26ClN3O/c24-20-7-3-6-18(14-20)16-27-17-19(21-8-1-2-9-22(21)27)15-25-11-5-13-26-12-4-10-23(26)28/h1-3,6-9,14,17,25H,4-5,10-13,15-16H2. The molecule has 1 N–H and O–H groups in total. The molecule has 5 heteroatoms. The molecule has 1 fully saturated rings. The lowest BCUT2D eigenvalue weighted by atomic mass is 10.2. The molecule has 3 aromatic rings. The minimum atomic E-state index is 0.309. The summed E-state index contributed by atoms with van der Waals surface area (Å²) in [5, 5.41) is 5.60. The van der Waals surface area contributed by atoms with Crippen LogP contribution in [0, 0.1) is 0 Å². The van der Waals surface area contributed by atoms with Gasteiger partial charge in [0.1, 0.15) is 0 Å². The Morgan fingerprint density at radius 1 is 1.11 bits per heavy atom. The molecule has 1 amide bonds. The van der Waals surface area contributed by atoms with Crippen molar-refractivity contribution in [1.82, 2.24) is 14.8 Å². The van der Waals surface area contributed by atoms with E-state index in [-0.39, 0.29) is 0 Å². The van der Waals surface area contributed by atoms with Gasteiger partial charge in [0.2, 0.25) is 5.91 Å². The number of nitrogens with zero attached hydrogens (tertiary/aromatic N) is 2. The lowest BCUT2D eigenvalue weighted by Crippen LogP contribution is -2.28. The van der Waals surface area contributed by atoms with E-state index in [0.717, 1.165) is 57.0 Å². The summed E-state index contributed by atoms with van der Waals surface area (Å²) in [6.07, 6.45) is 4.97. The van der Waals surface area contributed by atoms with Crippen LogP contribution in [0.15, 0.2) is 54.7 Å². The van der Waals surface area contributed by atoms with Crippen LogP contribution in [0.25, 0.3) is 10.9 Å². The minimum Gasteiger partial charge on any atom is -0.343 e. The number of amides is 1. The molecule has 1 aliphatic heterocycles. The zero-order chi connectivity index (χ0) is 19.3. The third-order valence-corrected chi connectivity index (χ3v) is 5.62. The number of nitrogens with one attached hydrogen (secondary N) is 1. The van der Waals surface area contributed by atoms with Gasteiger partial charge in [-0.2, -0.15) is 0 Å². The lowest BCUT2D eigenvalue weighted by molar-refractivity contribution is -0.127. The summed E-state index contributed by atoms with van der Waals surface area (Å²) >= 11 is 6.15. The predicted molar refractivity (Wildman–Crippen MR) is 115 cm³/mol. The van der Waals surface area contributed by atoms with E-state index in [0.29, 0.717) is 5.91 Å². The number of rotatable bonds is 8. The van der Waals surface area contributed by atoms with Crippen molar-refractivity contribution in [3.8, 4) is 0 Å². The van der Waals surface area contributed by atoms with Crippen LogP contribution < -0.4 is 5.32 Å². The molecule has 146 valence electrons. The molecular weight excluding hydrogens is 370 g/mol. The predicted octanol–water partition coefficient (Wildman–Crippen LogP) is 4.45. The number of carbonyl (C=O) groups excluding carboxylic acids is 1. The molecule has 4 rings (SSSR count). The summed E-state index contributed by atoms with van der Waals surface area (Å²) in [4.78, 5) is 13.7. The smallest absolute Gasteiger partial charge is 0.222 e. The number of benzene rings is 2. The van der Waals surface area contributed by atoms with Gasteiger partial charge >= 0.3 is 0 Å². The van der Waals surface area contributed by atoms with Gasteiger partial charge in [-0.15, -0.1) is 0 Å². The Morgan fingerprint density at radius 2 is 2.00 bits per heavy atom. The Labute approximate surface area is 171 Å². The van der Waals surface area contributed by atoms with E-state index in [1.54, 1.807) is 0 Å². The van der Waals surface area contributed by atoms with Crippen LogP contribution in [-0.2, 0) is 17.9 Å². The van der Waals surface area contributed by atoms with Gasteiger partial charge in [0.05, 0.1) is 0 Å². The van der Waals surface area contributed by atoms with E-state index in [9.17, 15) is 4.79 Å². The normalized spacial score (nSPS) is 14.3. The first kappa shape index (κ1) is 19.0. The van der Waals surface area contributed by atoms with Crippen molar-refractivity contribution in [1.29, 1.82) is 0 Å². The largest absolute Gasteiger partial charge is 0.343 e. The molecule has 0 radical (unpaired) electrons. The topological polar surface area (TPSA) is 37.3 Å². The van der Waals surface area contributed by atoms with Crippen molar-refractivity contribution in [2.24, 2.45) is 0 Å². The van der Waals surface area contributed by atoms with Crippen molar-refractivity contribution in [2.75, 3.05) is 19.6 Å². The first-order chi connectivity index (χ1) is 13.7. The Kier molecular flexibility index (Phi) is 5.98. The lowest BCUT2D eigenvalue weighted by Gasteiger charge is -2.15. The number of hydrogen-bond acceptors (Lipinski definition) is 2. The minimum absolute atomic E-state index is 0.309. The Bertz CT molecular complexity index is 965. The van der Waals surface area contributed by atoms with Crippen molar-refractivity contribution in [2.45, 2.75) is 32.4 Å². The highest BCUT2D eigenvalue weighted by molar-refractivity contribution is 6.30. The molecule has 28 heavy (non-hydrogen) atoms. The van der Waals surface area contributed by atoms with Gasteiger partial charge in [-0.1, -0.05) is 41.9 Å². The average molecular weight is 396 g/mol. The van der Waals surface area contributed by atoms with E-state index in [1.165, 1.54) is 22.0 Å². The third-order valence-electron chi connectivity index (χ3n) is 5.38. The zero-order valence-corrected chi connectivity index (χ0v) is 16.8. The Hall–Kier alpha value is -2.30. The van der Waals surface area contributed by atoms with Gasteiger partial charge in [-0.3, -0.25) is 4.79 Å². The number of likely N-dealkylation sites (tertiary alicyclic amines) is 1. The van der Waals surface area contributed by atoms with Crippen LogP contribution >= 0.6 is 11.6 Å². The van der Waals surface area contributed by atoms with Gasteiger partial charge in [-0.05, 0) is 48.7 Å². The first-order valence-corrected chi connectivity index (χ1v) is 10.4. The average Bonchev–Trinajstić information content (AvgIpc) is 3.26. The summed E-state index contributed by atoms with van der Waals surface area (Å²) in [5.41, 5.74) is 3.74. The van der Waals surface area contributed by atoms with E-state index in [2.05, 4.69) is 46.4 Å². The molecule has 0 bridgehead atoms. The second-order valence-electron chi connectivity index (χ2n) is 7.44. The number of carbonyl (C=O) groups is 1. The van der Waals surface area contributed by atoms with Gasteiger partial charge < -0.3 is 14.8 Å². The number of para-hydroxylation sites is 1. The molecule has 0 unspecified atom stereocenters. The summed E-state index contributed by atoms with van der Waals surface area (Å²) < 4.78 is 2.29. The van der Waals surface area contributed by atoms with Crippen molar-refractivity contribution >= 4 is 28.4 Å². The number of fused-ring (bicyclic) bond motifs is 1. The van der Waals surface area contributed by atoms with Crippen LogP contribution in [0.1, 0.15) is 30.4 Å². The molecule has 0 aliphatic carbocycles. The summed E-state index contributed by atoms with van der Waals surface area (Å²) in [5.74, 6) is 0.309. The Morgan fingerprint density at radius 3 is 2.82 bits per heavy atom. The fourth-order valence-electron chi connectivity index (χ4n) is 3.98. The van der Waals surface area contributed by atoms with Crippen molar-refractivity contribution in [3.05, 3.63) is 70.9 Å². The fraction of sp³-hybridized carbons (Fsp3) is 0.348. The van der Waals surface area contributed by atoms with Gasteiger partial charge in [-0.25, -0.2) is 0 Å². The van der Waals surface area contributed by atoms with Crippen molar-refractivity contribution in [3.63, 3.8) is 0 Å². The maximum Gasteiger partial charge on any atom is 0.222 e. The summed E-state index contributed by atoms with van der Waals surface area (Å²) in [7, 11) is 0. The van der Waals surface area contributed by atoms with Crippen molar-refractivity contribution < 1.29 is 4.79 Å². The van der Waals surface area contributed by atoms with Gasteiger partial charge in [0.25, 0.3) is 0 Å². The molecule has 0 spiro atoms. The van der Waals surface area contributed by atoms with Crippen LogP contribution in [0.5, 0.6) is 0 Å². The van der Waals surface area contributed by atoms with Crippen LogP contribution in [0.4, 0.5) is 0 Å². The van der Waals surface area contributed by atoms with Gasteiger partial charge in [0, 0.05) is 54.7 Å². The molecule has 2 aromatic carbocycles. The third kappa shape index (κ3) is 4.40. The second-order valence-corrected chi connectivity index (χ2v) is 7.88. The maximum atomic E-state index is 11.7. The van der Waals surface area contributed by atoms with E-state index >= 15 is 0 Å². The van der Waals surface area contributed by atoms with E-state index in [4.69, 9.17) is 11.6 Å². The molecule has 1 aliphatic rings. The van der Waals surface area contributed by atoms with E-state index in [1.807, 2.05) is 23.1 Å². The SMILES string of the molecule is O=C1CCCN1CCCNCc1cn(Cc2cccc(Cl)c2)c2ccccc12. The van der Waals surface area contributed by atoms with Crippen LogP contribution in [0.3, 0.4) is 0 Å². The quantitative estimate of drug-likeness (QED) is 0.572. The monoisotopic (exact) mass is 395 g/mol. The van der Waals surface area contributed by atoms with Crippen LogP contribution in [0.2, 0.25) is 5.02 Å². The van der Waals surface area contributed by atoms with E-state index < -0.39 is 0 Å². The number of halogens is 1. The maximum absolute atomic E-state index is 11.7. The first-order valence-electron chi connectivity index (χ1n) is 10.0. The molecule has 2 heterocycles. The highest BCUT2D eigenvalue weighted by atomic mass is 35.5. The number of aromatic nitrogens is 1. The number of hydrogen-bond donors (Lipinski definition) is 1. The summed E-state index contributed by atoms with van der Waals surface area (Å²) in [6, 6.07) is 16.6. The molecule has 4 nitrogen and oxygen atoms in total. The highest BCUT2D eigenvalue weighted by Crippen LogP contribution is 2.23.